The van der Waals surface area contributed by atoms with Crippen LogP contribution in [-0.4, -0.2) is 24.8 Å². The van der Waals surface area contributed by atoms with E-state index in [1.165, 1.54) is 6.07 Å². The van der Waals surface area contributed by atoms with Gasteiger partial charge in [0.1, 0.15) is 17.5 Å². The minimum absolute atomic E-state index is 0.263. The van der Waals surface area contributed by atoms with Crippen LogP contribution < -0.4 is 26.6 Å². The van der Waals surface area contributed by atoms with Crippen molar-refractivity contribution in [1.29, 1.82) is 0 Å². The molecule has 2 aliphatic rings. The van der Waals surface area contributed by atoms with Crippen molar-refractivity contribution in [3.05, 3.63) is 94.6 Å². The Kier molecular flexibility index (Phi) is 5.46. The van der Waals surface area contributed by atoms with E-state index in [1.807, 2.05) is 12.1 Å². The quantitative estimate of drug-likeness (QED) is 0.339. The van der Waals surface area contributed by atoms with E-state index < -0.39 is 18.0 Å². The van der Waals surface area contributed by atoms with E-state index in [0.717, 1.165) is 5.56 Å². The molecule has 0 saturated carbocycles. The van der Waals surface area contributed by atoms with Gasteiger partial charge < -0.3 is 15.8 Å². The monoisotopic (exact) mass is 468 g/mol. The summed E-state index contributed by atoms with van der Waals surface area (Å²) in [5.74, 6) is -0.112. The number of urea groups is 1. The van der Waals surface area contributed by atoms with Gasteiger partial charge in [0.05, 0.1) is 23.9 Å². The van der Waals surface area contributed by atoms with Crippen molar-refractivity contribution in [2.24, 2.45) is 10.2 Å². The fourth-order valence-electron chi connectivity index (χ4n) is 4.08. The third-order valence-electron chi connectivity index (χ3n) is 5.71. The van der Waals surface area contributed by atoms with E-state index in [1.54, 1.807) is 55.6 Å². The van der Waals surface area contributed by atoms with E-state index >= 15 is 0 Å². The first-order chi connectivity index (χ1) is 17.0. The Morgan fingerprint density at radius 3 is 2.51 bits per heavy atom. The van der Waals surface area contributed by atoms with Crippen LogP contribution in [0.4, 0.5) is 16.2 Å². The first-order valence-electron chi connectivity index (χ1n) is 10.7. The number of methoxy groups -OCH3 is 1. The summed E-state index contributed by atoms with van der Waals surface area (Å²) in [7, 11) is 1.58. The smallest absolute Gasteiger partial charge is 0.337 e. The van der Waals surface area contributed by atoms with Gasteiger partial charge in [0.15, 0.2) is 5.78 Å². The largest absolute Gasteiger partial charge is 0.497 e. The van der Waals surface area contributed by atoms with Crippen molar-refractivity contribution in [1.82, 2.24) is 10.9 Å². The standard InChI is InChI=1S/C25H20N6O4/c1-35-16-10-8-13(9-11-16)21-20-22(29-28-21)17-6-3-7-18(19(17)23(20)32)27-25(34)31-30-24(33)14-4-2-5-15(26)12-14/h2-12,22H,26H2,1H3,(H,30,33)(H2,27,31,34). The molecule has 10 heteroatoms. The summed E-state index contributed by atoms with van der Waals surface area (Å²) in [5.41, 5.74) is 14.0. The van der Waals surface area contributed by atoms with Crippen molar-refractivity contribution in [2.75, 3.05) is 18.2 Å². The topological polar surface area (TPSA) is 147 Å². The molecule has 1 aliphatic carbocycles. The number of benzene rings is 3. The summed E-state index contributed by atoms with van der Waals surface area (Å²) in [4.78, 5) is 38.1. The van der Waals surface area contributed by atoms with Gasteiger partial charge in [-0.2, -0.15) is 10.2 Å². The van der Waals surface area contributed by atoms with Gasteiger partial charge in [0, 0.05) is 16.8 Å². The van der Waals surface area contributed by atoms with E-state index in [4.69, 9.17) is 10.5 Å². The Morgan fingerprint density at radius 1 is 1.00 bits per heavy atom. The molecule has 0 saturated heterocycles. The number of rotatable bonds is 4. The highest BCUT2D eigenvalue weighted by molar-refractivity contribution is 6.22. The molecule has 3 amide bonds. The van der Waals surface area contributed by atoms with E-state index in [9.17, 15) is 14.4 Å². The number of hydrogen-bond donors (Lipinski definition) is 4. The molecule has 5 N–H and O–H groups in total. The Balaban J connectivity index is 1.35. The van der Waals surface area contributed by atoms with Crippen molar-refractivity contribution in [2.45, 2.75) is 6.04 Å². The number of hydrogen-bond acceptors (Lipinski definition) is 7. The number of nitrogens with one attached hydrogen (secondary N) is 3. The number of carbonyl (C=O) groups is 3. The zero-order valence-electron chi connectivity index (χ0n) is 18.5. The normalized spacial score (nSPS) is 15.5. The first-order valence-corrected chi connectivity index (χ1v) is 10.7. The molecule has 0 radical (unpaired) electrons. The predicted octanol–water partition coefficient (Wildman–Crippen LogP) is 3.86. The lowest BCUT2D eigenvalue weighted by Crippen LogP contribution is -2.44. The second-order valence-corrected chi connectivity index (χ2v) is 7.87. The number of fused-ring (bicyclic) bond motifs is 3. The lowest BCUT2D eigenvalue weighted by molar-refractivity contribution is 0.0937. The average molecular weight is 468 g/mol. The number of azo groups is 1. The number of amides is 3. The molecule has 0 aromatic heterocycles. The van der Waals surface area contributed by atoms with Crippen LogP contribution in [0.25, 0.3) is 5.70 Å². The number of nitrogen functional groups attached to an aromatic ring is 1. The second-order valence-electron chi connectivity index (χ2n) is 7.87. The highest BCUT2D eigenvalue weighted by Gasteiger charge is 2.42. The number of ketones is 1. The SMILES string of the molecule is COc1ccc(C2=C3C(=O)c4c(NC(=O)NNC(=O)c5cccc(N)c5)cccc4C3N=N2)cc1. The number of Topliss-reactive ketones (excluding diaryl/α,β-unsaturated/α-hetero) is 1. The minimum atomic E-state index is -0.716. The van der Waals surface area contributed by atoms with Gasteiger partial charge in [-0.15, -0.1) is 0 Å². The van der Waals surface area contributed by atoms with Gasteiger partial charge in [-0.05, 0) is 54.1 Å². The third kappa shape index (κ3) is 3.97. The summed E-state index contributed by atoms with van der Waals surface area (Å²) >= 11 is 0. The fourth-order valence-corrected chi connectivity index (χ4v) is 4.08. The van der Waals surface area contributed by atoms with Crippen LogP contribution in [0.2, 0.25) is 0 Å². The highest BCUT2D eigenvalue weighted by atomic mass is 16.5. The lowest BCUT2D eigenvalue weighted by Gasteiger charge is -2.12. The molecule has 3 aromatic carbocycles. The van der Waals surface area contributed by atoms with Crippen molar-refractivity contribution in [3.8, 4) is 5.75 Å². The van der Waals surface area contributed by atoms with Gasteiger partial charge in [0.25, 0.3) is 5.91 Å². The molecule has 0 fully saturated rings. The van der Waals surface area contributed by atoms with Crippen LogP contribution in [-0.2, 0) is 0 Å². The van der Waals surface area contributed by atoms with Crippen LogP contribution in [0.15, 0.2) is 82.5 Å². The highest BCUT2D eigenvalue weighted by Crippen LogP contribution is 2.48. The summed E-state index contributed by atoms with van der Waals surface area (Å²) in [6, 6.07) is 17.4. The molecular weight excluding hydrogens is 448 g/mol. The van der Waals surface area contributed by atoms with E-state index in [2.05, 4.69) is 26.4 Å². The second kappa shape index (κ2) is 8.75. The van der Waals surface area contributed by atoms with Gasteiger partial charge in [-0.25, -0.2) is 10.2 Å². The minimum Gasteiger partial charge on any atom is -0.497 e. The van der Waals surface area contributed by atoms with Crippen molar-refractivity contribution in [3.63, 3.8) is 0 Å². The number of nitrogens with zero attached hydrogens (tertiary/aromatic N) is 2. The van der Waals surface area contributed by atoms with E-state index in [-0.39, 0.29) is 11.3 Å². The summed E-state index contributed by atoms with van der Waals surface area (Å²) < 4.78 is 5.19. The maximum Gasteiger partial charge on any atom is 0.337 e. The molecule has 1 unspecified atom stereocenters. The van der Waals surface area contributed by atoms with E-state index in [0.29, 0.717) is 39.5 Å². The number of carbonyl (C=O) groups excluding carboxylic acids is 3. The molecular formula is C25H20N6O4. The van der Waals surface area contributed by atoms with Gasteiger partial charge >= 0.3 is 6.03 Å². The molecule has 0 spiro atoms. The van der Waals surface area contributed by atoms with Gasteiger partial charge in [0.2, 0.25) is 0 Å². The number of nitrogens with two attached hydrogens (primary N) is 1. The zero-order valence-corrected chi connectivity index (χ0v) is 18.5. The van der Waals surface area contributed by atoms with Crippen LogP contribution in [0.1, 0.15) is 37.9 Å². The lowest BCUT2D eigenvalue weighted by atomic mass is 10.0. The number of anilines is 2. The van der Waals surface area contributed by atoms with Crippen LogP contribution in [0, 0.1) is 0 Å². The summed E-state index contributed by atoms with van der Waals surface area (Å²) in [5, 5.41) is 11.2. The molecule has 35 heavy (non-hydrogen) atoms. The maximum atomic E-state index is 13.4. The fraction of sp³-hybridized carbons (Fsp3) is 0.0800. The Bertz CT molecular complexity index is 1430. The Labute approximate surface area is 199 Å². The van der Waals surface area contributed by atoms with Crippen molar-refractivity contribution < 1.29 is 19.1 Å². The zero-order chi connectivity index (χ0) is 24.5. The van der Waals surface area contributed by atoms with Crippen LogP contribution in [0.5, 0.6) is 5.75 Å². The van der Waals surface area contributed by atoms with Gasteiger partial charge in [-0.1, -0.05) is 18.2 Å². The Hall–Kier alpha value is -4.99. The maximum absolute atomic E-state index is 13.4. The van der Waals surface area contributed by atoms with Crippen molar-refractivity contribution >= 4 is 34.8 Å². The van der Waals surface area contributed by atoms with Gasteiger partial charge in [-0.3, -0.25) is 15.0 Å². The van der Waals surface area contributed by atoms with Crippen LogP contribution in [0.3, 0.4) is 0 Å². The molecule has 1 heterocycles. The average Bonchev–Trinajstić information content (AvgIpc) is 3.43. The molecule has 0 bridgehead atoms. The molecule has 10 nitrogen and oxygen atoms in total. The van der Waals surface area contributed by atoms with Crippen LogP contribution >= 0.6 is 0 Å². The molecule has 174 valence electrons. The summed E-state index contributed by atoms with van der Waals surface area (Å²) in [6.07, 6.45) is 0. The Morgan fingerprint density at radius 2 is 1.77 bits per heavy atom. The third-order valence-corrected chi connectivity index (χ3v) is 5.71. The molecule has 3 aromatic rings. The summed E-state index contributed by atoms with van der Waals surface area (Å²) in [6.45, 7) is 0. The first kappa shape index (κ1) is 21.8. The number of hydrazine groups is 1. The predicted molar refractivity (Wildman–Crippen MR) is 129 cm³/mol. The molecule has 1 atom stereocenters. The molecule has 5 rings (SSSR count). The molecule has 1 aliphatic heterocycles. The number of ether oxygens (including phenoxy) is 1.